The number of carbonyl (C=O) groups excluding carboxylic acids is 1. The van der Waals surface area contributed by atoms with Gasteiger partial charge in [0.05, 0.1) is 17.5 Å². The van der Waals surface area contributed by atoms with Crippen LogP contribution < -0.4 is 10.6 Å². The molecule has 2 saturated heterocycles. The number of likely N-dealkylation sites (tertiary alicyclic amines) is 1. The number of carbonyl (C=O) groups is 1. The molecule has 1 amide bonds. The lowest BCUT2D eigenvalue weighted by Crippen LogP contribution is -2.47. The third kappa shape index (κ3) is 8.68. The number of guanidine groups is 1. The highest BCUT2D eigenvalue weighted by molar-refractivity contribution is 14.0. The average Bonchev–Trinajstić information content (AvgIpc) is 2.99. The van der Waals surface area contributed by atoms with Gasteiger partial charge in [0.2, 0.25) is 0 Å². The zero-order valence-corrected chi connectivity index (χ0v) is 20.4. The Hall–Kier alpha value is -0.820. The minimum Gasteiger partial charge on any atom is -0.444 e. The SMILES string of the molecule is CN=C(NCCN1CCS(=O)(=O)CC1)N1CCC(NC(=O)OC(C)(C)C)C1.I. The van der Waals surface area contributed by atoms with Crippen LogP contribution in [0.2, 0.25) is 0 Å². The largest absolute Gasteiger partial charge is 0.444 e. The average molecular weight is 531 g/mol. The molecule has 2 aliphatic rings. The molecule has 164 valence electrons. The van der Waals surface area contributed by atoms with Gasteiger partial charge in [-0.1, -0.05) is 0 Å². The molecule has 2 aliphatic heterocycles. The topological polar surface area (TPSA) is 103 Å². The van der Waals surface area contributed by atoms with Crippen LogP contribution in [-0.2, 0) is 14.6 Å². The van der Waals surface area contributed by atoms with Crippen LogP contribution >= 0.6 is 24.0 Å². The fourth-order valence-corrected chi connectivity index (χ4v) is 4.45. The molecule has 1 atom stereocenters. The lowest BCUT2D eigenvalue weighted by Gasteiger charge is -2.28. The van der Waals surface area contributed by atoms with Crippen LogP contribution in [0, 0.1) is 0 Å². The third-order valence-corrected chi connectivity index (χ3v) is 6.18. The van der Waals surface area contributed by atoms with Gasteiger partial charge in [0.1, 0.15) is 5.60 Å². The van der Waals surface area contributed by atoms with Crippen molar-refractivity contribution in [3.05, 3.63) is 0 Å². The summed E-state index contributed by atoms with van der Waals surface area (Å²) in [7, 11) is -1.10. The van der Waals surface area contributed by atoms with Gasteiger partial charge in [-0.25, -0.2) is 13.2 Å². The zero-order chi connectivity index (χ0) is 20.1. The second kappa shape index (κ2) is 10.8. The Kier molecular flexibility index (Phi) is 9.74. The number of halogens is 1. The maximum absolute atomic E-state index is 11.9. The maximum Gasteiger partial charge on any atom is 0.407 e. The van der Waals surface area contributed by atoms with Crippen molar-refractivity contribution in [2.24, 2.45) is 4.99 Å². The van der Waals surface area contributed by atoms with E-state index in [-0.39, 0.29) is 41.5 Å². The summed E-state index contributed by atoms with van der Waals surface area (Å²) in [5.41, 5.74) is -0.506. The molecule has 0 saturated carbocycles. The number of alkyl carbamates (subject to hydrolysis) is 1. The lowest BCUT2D eigenvalue weighted by molar-refractivity contribution is 0.0507. The maximum atomic E-state index is 11.9. The van der Waals surface area contributed by atoms with Crippen molar-refractivity contribution in [1.82, 2.24) is 20.4 Å². The smallest absolute Gasteiger partial charge is 0.407 e. The molecule has 0 spiro atoms. The van der Waals surface area contributed by atoms with E-state index < -0.39 is 21.5 Å². The van der Waals surface area contributed by atoms with Crippen LogP contribution in [0.4, 0.5) is 4.79 Å². The summed E-state index contributed by atoms with van der Waals surface area (Å²) in [6.45, 7) is 9.69. The van der Waals surface area contributed by atoms with Crippen molar-refractivity contribution >= 4 is 45.9 Å². The van der Waals surface area contributed by atoms with E-state index in [4.69, 9.17) is 4.74 Å². The van der Waals surface area contributed by atoms with E-state index >= 15 is 0 Å². The molecule has 0 aliphatic carbocycles. The predicted octanol–water partition coefficient (Wildman–Crippen LogP) is 0.509. The van der Waals surface area contributed by atoms with E-state index in [9.17, 15) is 13.2 Å². The van der Waals surface area contributed by atoms with E-state index in [0.29, 0.717) is 26.2 Å². The van der Waals surface area contributed by atoms with Crippen LogP contribution in [0.1, 0.15) is 27.2 Å². The minimum absolute atomic E-state index is 0. The molecule has 2 rings (SSSR count). The number of nitrogens with one attached hydrogen (secondary N) is 2. The fourth-order valence-electron chi connectivity index (χ4n) is 3.18. The lowest BCUT2D eigenvalue weighted by atomic mass is 10.2. The first-order valence-electron chi connectivity index (χ1n) is 9.46. The Labute approximate surface area is 185 Å². The molecule has 0 aromatic rings. The first kappa shape index (κ1) is 25.2. The molecule has 9 nitrogen and oxygen atoms in total. The number of ether oxygens (including phenoxy) is 1. The quantitative estimate of drug-likeness (QED) is 0.310. The monoisotopic (exact) mass is 531 g/mol. The predicted molar refractivity (Wildman–Crippen MR) is 121 cm³/mol. The van der Waals surface area contributed by atoms with Gasteiger partial charge in [0.15, 0.2) is 15.8 Å². The Morgan fingerprint density at radius 2 is 1.86 bits per heavy atom. The molecule has 0 radical (unpaired) electrons. The van der Waals surface area contributed by atoms with Crippen molar-refractivity contribution in [2.45, 2.75) is 38.8 Å². The van der Waals surface area contributed by atoms with Gasteiger partial charge in [-0.05, 0) is 27.2 Å². The summed E-state index contributed by atoms with van der Waals surface area (Å²) in [5, 5.41) is 6.24. The summed E-state index contributed by atoms with van der Waals surface area (Å²) in [6.07, 6.45) is 0.446. The molecular formula is C17H34IN5O4S. The van der Waals surface area contributed by atoms with Crippen molar-refractivity contribution in [2.75, 3.05) is 57.8 Å². The molecule has 2 N–H and O–H groups in total. The van der Waals surface area contributed by atoms with Gasteiger partial charge < -0.3 is 20.3 Å². The van der Waals surface area contributed by atoms with E-state index in [0.717, 1.165) is 25.5 Å². The second-order valence-corrected chi connectivity index (χ2v) is 10.3. The number of aliphatic imine (C=N–C) groups is 1. The summed E-state index contributed by atoms with van der Waals surface area (Å²) < 4.78 is 28.3. The van der Waals surface area contributed by atoms with Crippen molar-refractivity contribution in [1.29, 1.82) is 0 Å². The normalized spacial score (nSPS) is 23.1. The van der Waals surface area contributed by atoms with Crippen molar-refractivity contribution in [3.8, 4) is 0 Å². The highest BCUT2D eigenvalue weighted by Crippen LogP contribution is 2.12. The van der Waals surface area contributed by atoms with Gasteiger partial charge >= 0.3 is 6.09 Å². The Bertz CT molecular complexity index is 636. The number of nitrogens with zero attached hydrogens (tertiary/aromatic N) is 3. The number of hydrogen-bond acceptors (Lipinski definition) is 6. The van der Waals surface area contributed by atoms with Crippen molar-refractivity contribution < 1.29 is 17.9 Å². The van der Waals surface area contributed by atoms with Crippen LogP contribution in [0.25, 0.3) is 0 Å². The molecule has 0 aromatic carbocycles. The Balaban J connectivity index is 0.00000392. The Morgan fingerprint density at radius 3 is 2.43 bits per heavy atom. The molecule has 2 heterocycles. The van der Waals surface area contributed by atoms with E-state index in [1.807, 2.05) is 20.8 Å². The minimum atomic E-state index is -2.84. The number of hydrogen-bond donors (Lipinski definition) is 2. The summed E-state index contributed by atoms with van der Waals surface area (Å²) in [5.74, 6) is 1.28. The summed E-state index contributed by atoms with van der Waals surface area (Å²) >= 11 is 0. The molecule has 0 bridgehead atoms. The van der Waals surface area contributed by atoms with E-state index in [1.165, 1.54) is 0 Å². The zero-order valence-electron chi connectivity index (χ0n) is 17.2. The van der Waals surface area contributed by atoms with Crippen molar-refractivity contribution in [3.63, 3.8) is 0 Å². The molecule has 28 heavy (non-hydrogen) atoms. The van der Waals surface area contributed by atoms with Crippen LogP contribution in [0.5, 0.6) is 0 Å². The van der Waals surface area contributed by atoms with E-state index in [1.54, 1.807) is 7.05 Å². The highest BCUT2D eigenvalue weighted by atomic mass is 127. The van der Waals surface area contributed by atoms with Gasteiger partial charge in [-0.3, -0.25) is 9.89 Å². The molecule has 2 fully saturated rings. The highest BCUT2D eigenvalue weighted by Gasteiger charge is 2.28. The molecule has 1 unspecified atom stereocenters. The van der Waals surface area contributed by atoms with Crippen LogP contribution in [0.15, 0.2) is 4.99 Å². The van der Waals surface area contributed by atoms with Gasteiger partial charge in [0, 0.05) is 46.3 Å². The first-order chi connectivity index (χ1) is 12.6. The molecule has 0 aromatic heterocycles. The third-order valence-electron chi connectivity index (χ3n) is 4.57. The fraction of sp³-hybridized carbons (Fsp3) is 0.882. The first-order valence-corrected chi connectivity index (χ1v) is 11.3. The second-order valence-electron chi connectivity index (χ2n) is 8.05. The number of rotatable bonds is 4. The standard InChI is InChI=1S/C17H33N5O4S.HI/c1-17(2,3)26-16(23)20-14-5-7-22(13-14)15(18-4)19-6-8-21-9-11-27(24,25)12-10-21;/h14H,5-13H2,1-4H3,(H,18,19)(H,20,23);1H. The van der Waals surface area contributed by atoms with Gasteiger partial charge in [0.25, 0.3) is 0 Å². The van der Waals surface area contributed by atoms with Gasteiger partial charge in [-0.2, -0.15) is 0 Å². The summed E-state index contributed by atoms with van der Waals surface area (Å²) in [6, 6.07) is 0.0331. The summed E-state index contributed by atoms with van der Waals surface area (Å²) in [4.78, 5) is 20.5. The van der Waals surface area contributed by atoms with E-state index in [2.05, 4.69) is 25.4 Å². The van der Waals surface area contributed by atoms with Crippen LogP contribution in [0.3, 0.4) is 0 Å². The molecule has 11 heteroatoms. The van der Waals surface area contributed by atoms with Crippen LogP contribution in [-0.4, -0.2) is 99.7 Å². The Morgan fingerprint density at radius 1 is 1.21 bits per heavy atom. The molecular weight excluding hydrogens is 497 g/mol. The van der Waals surface area contributed by atoms with Gasteiger partial charge in [-0.15, -0.1) is 24.0 Å². The number of sulfone groups is 1. The number of amides is 1.